The van der Waals surface area contributed by atoms with Crippen molar-refractivity contribution < 1.29 is 8.42 Å². The van der Waals surface area contributed by atoms with Gasteiger partial charge in [-0.2, -0.15) is 0 Å². The monoisotopic (exact) mass is 398 g/mol. The number of nitrogens with one attached hydrogen (secondary N) is 1. The standard InChI is InChI=1S/C11H16Br2N2O2S/c1-15(2)7-3-6-14-18(16,17)11-8-9(12)4-5-10(11)13/h4-5,8,14H,3,6-7H2,1-2H3. The second kappa shape index (κ2) is 7.00. The van der Waals surface area contributed by atoms with E-state index in [9.17, 15) is 8.42 Å². The molecule has 102 valence electrons. The van der Waals surface area contributed by atoms with Gasteiger partial charge < -0.3 is 4.90 Å². The maximum absolute atomic E-state index is 12.1. The summed E-state index contributed by atoms with van der Waals surface area (Å²) in [7, 11) is 0.459. The summed E-state index contributed by atoms with van der Waals surface area (Å²) < 4.78 is 28.0. The maximum atomic E-state index is 12.1. The van der Waals surface area contributed by atoms with Crippen LogP contribution < -0.4 is 4.72 Å². The molecule has 0 aliphatic heterocycles. The molecule has 0 aromatic heterocycles. The van der Waals surface area contributed by atoms with E-state index < -0.39 is 10.0 Å². The first-order valence-corrected chi connectivity index (χ1v) is 8.49. The first-order chi connectivity index (χ1) is 8.33. The van der Waals surface area contributed by atoms with Crippen LogP contribution in [0.15, 0.2) is 32.0 Å². The highest BCUT2D eigenvalue weighted by atomic mass is 79.9. The van der Waals surface area contributed by atoms with Crippen molar-refractivity contribution in [1.29, 1.82) is 0 Å². The average Bonchev–Trinajstić information content (AvgIpc) is 2.27. The van der Waals surface area contributed by atoms with Crippen molar-refractivity contribution >= 4 is 41.9 Å². The Morgan fingerprint density at radius 2 is 1.94 bits per heavy atom. The molecular weight excluding hydrogens is 384 g/mol. The molecule has 0 aliphatic rings. The van der Waals surface area contributed by atoms with Crippen LogP contribution in [0.2, 0.25) is 0 Å². The van der Waals surface area contributed by atoms with Crippen molar-refractivity contribution in [2.45, 2.75) is 11.3 Å². The van der Waals surface area contributed by atoms with E-state index in [1.807, 2.05) is 19.0 Å². The van der Waals surface area contributed by atoms with Gasteiger partial charge in [-0.3, -0.25) is 0 Å². The first kappa shape index (κ1) is 16.1. The van der Waals surface area contributed by atoms with Crippen molar-refractivity contribution in [3.8, 4) is 0 Å². The van der Waals surface area contributed by atoms with Crippen LogP contribution in [0, 0.1) is 0 Å². The zero-order valence-electron chi connectivity index (χ0n) is 10.3. The van der Waals surface area contributed by atoms with Gasteiger partial charge >= 0.3 is 0 Å². The van der Waals surface area contributed by atoms with Gasteiger partial charge in [-0.1, -0.05) is 15.9 Å². The van der Waals surface area contributed by atoms with Gasteiger partial charge in [0.1, 0.15) is 0 Å². The third-order valence-corrected chi connectivity index (χ3v) is 5.21. The first-order valence-electron chi connectivity index (χ1n) is 5.42. The molecule has 1 aromatic carbocycles. The Hall–Kier alpha value is 0.0500. The van der Waals surface area contributed by atoms with Crippen LogP contribution in [0.3, 0.4) is 0 Å². The van der Waals surface area contributed by atoms with Crippen LogP contribution in [-0.2, 0) is 10.0 Å². The molecule has 0 radical (unpaired) electrons. The molecule has 0 heterocycles. The lowest BCUT2D eigenvalue weighted by Gasteiger charge is -2.11. The van der Waals surface area contributed by atoms with Crippen LogP contribution >= 0.6 is 31.9 Å². The largest absolute Gasteiger partial charge is 0.309 e. The topological polar surface area (TPSA) is 49.4 Å². The Kier molecular flexibility index (Phi) is 6.26. The predicted molar refractivity (Wildman–Crippen MR) is 80.2 cm³/mol. The summed E-state index contributed by atoms with van der Waals surface area (Å²) >= 11 is 6.52. The summed E-state index contributed by atoms with van der Waals surface area (Å²) in [6.45, 7) is 1.28. The van der Waals surface area contributed by atoms with Crippen molar-refractivity contribution in [3.63, 3.8) is 0 Å². The van der Waals surface area contributed by atoms with Gasteiger partial charge in [0.2, 0.25) is 10.0 Å². The minimum Gasteiger partial charge on any atom is -0.309 e. The number of hydrogen-bond donors (Lipinski definition) is 1. The molecule has 0 fully saturated rings. The molecule has 0 atom stereocenters. The van der Waals surface area contributed by atoms with E-state index in [-0.39, 0.29) is 4.90 Å². The highest BCUT2D eigenvalue weighted by Gasteiger charge is 2.17. The molecule has 0 amide bonds. The van der Waals surface area contributed by atoms with Crippen LogP contribution in [-0.4, -0.2) is 40.5 Å². The molecule has 4 nitrogen and oxygen atoms in total. The van der Waals surface area contributed by atoms with Crippen molar-refractivity contribution in [2.75, 3.05) is 27.2 Å². The molecule has 18 heavy (non-hydrogen) atoms. The minimum atomic E-state index is -3.46. The molecule has 0 aliphatic carbocycles. The lowest BCUT2D eigenvalue weighted by Crippen LogP contribution is -2.27. The minimum absolute atomic E-state index is 0.252. The maximum Gasteiger partial charge on any atom is 0.241 e. The van der Waals surface area contributed by atoms with Crippen LogP contribution in [0.25, 0.3) is 0 Å². The molecule has 1 aromatic rings. The molecule has 1 rings (SSSR count). The number of rotatable bonds is 6. The lowest BCUT2D eigenvalue weighted by atomic mass is 10.4. The number of benzene rings is 1. The van der Waals surface area contributed by atoms with E-state index in [0.29, 0.717) is 11.0 Å². The van der Waals surface area contributed by atoms with Gasteiger partial charge in [-0.15, -0.1) is 0 Å². The van der Waals surface area contributed by atoms with Gasteiger partial charge in [0.25, 0.3) is 0 Å². The summed E-state index contributed by atoms with van der Waals surface area (Å²) in [6, 6.07) is 5.08. The Morgan fingerprint density at radius 3 is 2.56 bits per heavy atom. The van der Waals surface area contributed by atoms with Crippen molar-refractivity contribution in [3.05, 3.63) is 27.1 Å². The van der Waals surface area contributed by atoms with E-state index in [1.165, 1.54) is 0 Å². The number of nitrogens with zero attached hydrogens (tertiary/aromatic N) is 1. The molecule has 0 saturated heterocycles. The fraction of sp³-hybridized carbons (Fsp3) is 0.455. The van der Waals surface area contributed by atoms with Crippen molar-refractivity contribution in [2.24, 2.45) is 0 Å². The van der Waals surface area contributed by atoms with Gasteiger partial charge in [0.05, 0.1) is 4.90 Å². The zero-order valence-corrected chi connectivity index (χ0v) is 14.3. The number of sulfonamides is 1. The third kappa shape index (κ3) is 4.97. The number of hydrogen-bond acceptors (Lipinski definition) is 3. The van der Waals surface area contributed by atoms with Gasteiger partial charge in [0, 0.05) is 15.5 Å². The second-order valence-corrected chi connectivity index (χ2v) is 7.63. The van der Waals surface area contributed by atoms with E-state index in [4.69, 9.17) is 0 Å². The zero-order chi connectivity index (χ0) is 13.8. The molecule has 0 unspecified atom stereocenters. The van der Waals surface area contributed by atoms with E-state index in [2.05, 4.69) is 36.6 Å². The fourth-order valence-electron chi connectivity index (χ4n) is 1.36. The summed E-state index contributed by atoms with van der Waals surface area (Å²) in [5.74, 6) is 0. The predicted octanol–water partition coefficient (Wildman–Crippen LogP) is 2.44. The normalized spacial score (nSPS) is 12.1. The van der Waals surface area contributed by atoms with Gasteiger partial charge in [-0.05, 0) is 61.2 Å². The van der Waals surface area contributed by atoms with E-state index in [0.717, 1.165) is 17.4 Å². The van der Waals surface area contributed by atoms with Crippen molar-refractivity contribution in [1.82, 2.24) is 9.62 Å². The Morgan fingerprint density at radius 1 is 1.28 bits per heavy atom. The smallest absolute Gasteiger partial charge is 0.241 e. The van der Waals surface area contributed by atoms with Gasteiger partial charge in [-0.25, -0.2) is 13.1 Å². The molecule has 0 saturated carbocycles. The molecule has 0 spiro atoms. The van der Waals surface area contributed by atoms with Crippen LogP contribution in [0.4, 0.5) is 0 Å². The summed E-state index contributed by atoms with van der Waals surface area (Å²) in [6.07, 6.45) is 0.776. The number of halogens is 2. The molecule has 0 bridgehead atoms. The summed E-state index contributed by atoms with van der Waals surface area (Å²) in [5, 5.41) is 0. The summed E-state index contributed by atoms with van der Waals surface area (Å²) in [5.41, 5.74) is 0. The molecular formula is C11H16Br2N2O2S. The van der Waals surface area contributed by atoms with E-state index in [1.54, 1.807) is 18.2 Å². The Balaban J connectivity index is 2.71. The van der Waals surface area contributed by atoms with Gasteiger partial charge in [0.15, 0.2) is 0 Å². The molecule has 7 heteroatoms. The fourth-order valence-corrected chi connectivity index (χ4v) is 3.94. The SMILES string of the molecule is CN(C)CCCNS(=O)(=O)c1cc(Br)ccc1Br. The highest BCUT2D eigenvalue weighted by molar-refractivity contribution is 9.11. The highest BCUT2D eigenvalue weighted by Crippen LogP contribution is 2.25. The molecule has 1 N–H and O–H groups in total. The average molecular weight is 400 g/mol. The lowest BCUT2D eigenvalue weighted by molar-refractivity contribution is 0.400. The van der Waals surface area contributed by atoms with Crippen LogP contribution in [0.5, 0.6) is 0 Å². The Labute approximate surface area is 125 Å². The quantitative estimate of drug-likeness (QED) is 0.747. The van der Waals surface area contributed by atoms with Crippen LogP contribution in [0.1, 0.15) is 6.42 Å². The second-order valence-electron chi connectivity index (χ2n) is 4.13. The Bertz CT molecular complexity index is 504. The van der Waals surface area contributed by atoms with E-state index >= 15 is 0 Å². The summed E-state index contributed by atoms with van der Waals surface area (Å²) in [4.78, 5) is 2.27. The third-order valence-electron chi connectivity index (χ3n) is 2.26.